The summed E-state index contributed by atoms with van der Waals surface area (Å²) in [7, 11) is 1.45. The van der Waals surface area contributed by atoms with Gasteiger partial charge in [-0.2, -0.15) is 0 Å². The molecular weight excluding hydrogens is 224 g/mol. The molecule has 1 rings (SSSR count). The fraction of sp³-hybridized carbons (Fsp3) is 0.455. The highest BCUT2D eigenvalue weighted by molar-refractivity contribution is 5.63. The van der Waals surface area contributed by atoms with Crippen LogP contribution in [0.5, 0.6) is 5.75 Å². The Balaban J connectivity index is 2.87. The van der Waals surface area contributed by atoms with Crippen LogP contribution in [-0.4, -0.2) is 29.8 Å². The highest BCUT2D eigenvalue weighted by Crippen LogP contribution is 2.28. The highest BCUT2D eigenvalue weighted by Gasteiger charge is 2.15. The maximum absolute atomic E-state index is 10.9. The SMILES string of the molecule is CCC(O)CNc1ccc(OC)cc1[N+](=O)[O-]. The van der Waals surface area contributed by atoms with Crippen molar-refractivity contribution >= 4 is 11.4 Å². The van der Waals surface area contributed by atoms with Crippen molar-refractivity contribution in [2.24, 2.45) is 0 Å². The first-order valence-corrected chi connectivity index (χ1v) is 5.32. The second-order valence-corrected chi connectivity index (χ2v) is 3.58. The van der Waals surface area contributed by atoms with Crippen molar-refractivity contribution in [2.45, 2.75) is 19.4 Å². The maximum Gasteiger partial charge on any atom is 0.296 e. The second-order valence-electron chi connectivity index (χ2n) is 3.58. The number of methoxy groups -OCH3 is 1. The van der Waals surface area contributed by atoms with Gasteiger partial charge in [-0.25, -0.2) is 0 Å². The lowest BCUT2D eigenvalue weighted by atomic mass is 10.2. The monoisotopic (exact) mass is 240 g/mol. The van der Waals surface area contributed by atoms with Crippen LogP contribution in [0.25, 0.3) is 0 Å². The maximum atomic E-state index is 10.9. The molecule has 0 spiro atoms. The van der Waals surface area contributed by atoms with Crippen molar-refractivity contribution < 1.29 is 14.8 Å². The van der Waals surface area contributed by atoms with Crippen molar-refractivity contribution in [3.63, 3.8) is 0 Å². The molecule has 0 aromatic heterocycles. The molecule has 0 saturated heterocycles. The van der Waals surface area contributed by atoms with Gasteiger partial charge in [0.15, 0.2) is 0 Å². The Kier molecular flexibility index (Phi) is 4.71. The smallest absolute Gasteiger partial charge is 0.296 e. The lowest BCUT2D eigenvalue weighted by Gasteiger charge is -2.11. The predicted octanol–water partition coefficient (Wildman–Crippen LogP) is 1.79. The first-order valence-electron chi connectivity index (χ1n) is 5.32. The Labute approximate surface area is 99.4 Å². The Morgan fingerprint density at radius 3 is 2.82 bits per heavy atom. The van der Waals surface area contributed by atoms with Crippen LogP contribution in [0.2, 0.25) is 0 Å². The molecule has 17 heavy (non-hydrogen) atoms. The summed E-state index contributed by atoms with van der Waals surface area (Å²) in [5.74, 6) is 0.429. The van der Waals surface area contributed by atoms with Crippen LogP contribution in [-0.2, 0) is 0 Å². The largest absolute Gasteiger partial charge is 0.496 e. The molecule has 1 aromatic rings. The summed E-state index contributed by atoms with van der Waals surface area (Å²) in [4.78, 5) is 10.4. The topological polar surface area (TPSA) is 84.6 Å². The zero-order valence-electron chi connectivity index (χ0n) is 9.84. The second kappa shape index (κ2) is 6.05. The molecule has 0 amide bonds. The fourth-order valence-corrected chi connectivity index (χ4v) is 1.31. The zero-order chi connectivity index (χ0) is 12.8. The number of nitrogens with zero attached hydrogens (tertiary/aromatic N) is 1. The van der Waals surface area contributed by atoms with Gasteiger partial charge in [-0.15, -0.1) is 0 Å². The van der Waals surface area contributed by atoms with E-state index in [-0.39, 0.29) is 12.2 Å². The van der Waals surface area contributed by atoms with E-state index in [1.807, 2.05) is 6.92 Å². The molecule has 1 atom stereocenters. The van der Waals surface area contributed by atoms with E-state index in [0.717, 1.165) is 0 Å². The van der Waals surface area contributed by atoms with Crippen LogP contribution in [0.3, 0.4) is 0 Å². The van der Waals surface area contributed by atoms with E-state index in [0.29, 0.717) is 17.9 Å². The summed E-state index contributed by atoms with van der Waals surface area (Å²) in [5, 5.41) is 23.1. The minimum Gasteiger partial charge on any atom is -0.496 e. The number of anilines is 1. The van der Waals surface area contributed by atoms with Gasteiger partial charge in [0.05, 0.1) is 24.2 Å². The molecule has 0 bridgehead atoms. The molecule has 0 aliphatic carbocycles. The lowest BCUT2D eigenvalue weighted by molar-refractivity contribution is -0.384. The molecule has 94 valence electrons. The van der Waals surface area contributed by atoms with E-state index in [9.17, 15) is 15.2 Å². The Hall–Kier alpha value is -1.82. The van der Waals surface area contributed by atoms with Gasteiger partial charge >= 0.3 is 0 Å². The molecule has 0 aliphatic heterocycles. The molecule has 0 heterocycles. The number of hydrogen-bond acceptors (Lipinski definition) is 5. The van der Waals surface area contributed by atoms with Gasteiger partial charge < -0.3 is 15.2 Å². The van der Waals surface area contributed by atoms with E-state index in [2.05, 4.69) is 5.32 Å². The number of aliphatic hydroxyl groups is 1. The third-order valence-electron chi connectivity index (χ3n) is 2.40. The van der Waals surface area contributed by atoms with Crippen molar-refractivity contribution in [1.29, 1.82) is 0 Å². The van der Waals surface area contributed by atoms with Gasteiger partial charge in [-0.1, -0.05) is 6.92 Å². The van der Waals surface area contributed by atoms with Gasteiger partial charge in [-0.3, -0.25) is 10.1 Å². The number of nitro groups is 1. The normalized spacial score (nSPS) is 11.9. The standard InChI is InChI=1S/C11H16N2O4/c1-3-8(14)7-12-10-5-4-9(17-2)6-11(10)13(15)16/h4-6,8,12,14H,3,7H2,1-2H3. The molecule has 0 fully saturated rings. The average molecular weight is 240 g/mol. The van der Waals surface area contributed by atoms with Gasteiger partial charge in [0.25, 0.3) is 5.69 Å². The molecule has 0 radical (unpaired) electrons. The molecular formula is C11H16N2O4. The molecule has 0 saturated carbocycles. The van der Waals surface area contributed by atoms with Crippen molar-refractivity contribution in [1.82, 2.24) is 0 Å². The quantitative estimate of drug-likeness (QED) is 0.585. The molecule has 6 heteroatoms. The first kappa shape index (κ1) is 13.2. The number of hydrogen-bond donors (Lipinski definition) is 2. The van der Waals surface area contributed by atoms with Crippen LogP contribution < -0.4 is 10.1 Å². The molecule has 2 N–H and O–H groups in total. The summed E-state index contributed by atoms with van der Waals surface area (Å²) < 4.78 is 4.93. The van der Waals surface area contributed by atoms with Gasteiger partial charge in [0.1, 0.15) is 11.4 Å². The summed E-state index contributed by atoms with van der Waals surface area (Å²) in [6.07, 6.45) is 0.0773. The summed E-state index contributed by atoms with van der Waals surface area (Å²) in [5.41, 5.74) is 0.316. The summed E-state index contributed by atoms with van der Waals surface area (Å²) >= 11 is 0. The van der Waals surface area contributed by atoms with Crippen LogP contribution in [0.15, 0.2) is 18.2 Å². The van der Waals surface area contributed by atoms with Crippen LogP contribution in [0.1, 0.15) is 13.3 Å². The Morgan fingerprint density at radius 2 is 2.29 bits per heavy atom. The zero-order valence-corrected chi connectivity index (χ0v) is 9.84. The lowest BCUT2D eigenvalue weighted by Crippen LogP contribution is -2.18. The van der Waals surface area contributed by atoms with Gasteiger partial charge in [-0.05, 0) is 18.6 Å². The highest BCUT2D eigenvalue weighted by atomic mass is 16.6. The average Bonchev–Trinajstić information content (AvgIpc) is 2.35. The first-order chi connectivity index (χ1) is 8.08. The van der Waals surface area contributed by atoms with E-state index in [4.69, 9.17) is 4.74 Å². The number of rotatable bonds is 6. The van der Waals surface area contributed by atoms with E-state index < -0.39 is 11.0 Å². The van der Waals surface area contributed by atoms with E-state index >= 15 is 0 Å². The minimum atomic E-state index is -0.517. The number of nitrogens with one attached hydrogen (secondary N) is 1. The minimum absolute atomic E-state index is 0.0624. The molecule has 6 nitrogen and oxygen atoms in total. The number of benzene rings is 1. The van der Waals surface area contributed by atoms with Crippen molar-refractivity contribution in [3.8, 4) is 5.75 Å². The van der Waals surface area contributed by atoms with Crippen LogP contribution in [0.4, 0.5) is 11.4 Å². The summed E-state index contributed by atoms with van der Waals surface area (Å²) in [6.45, 7) is 2.12. The summed E-state index contributed by atoms with van der Waals surface area (Å²) in [6, 6.07) is 4.55. The van der Waals surface area contributed by atoms with E-state index in [1.54, 1.807) is 12.1 Å². The Morgan fingerprint density at radius 1 is 1.59 bits per heavy atom. The number of nitro benzene ring substituents is 1. The van der Waals surface area contributed by atoms with E-state index in [1.165, 1.54) is 13.2 Å². The van der Waals surface area contributed by atoms with Gasteiger partial charge in [0.2, 0.25) is 0 Å². The van der Waals surface area contributed by atoms with Crippen LogP contribution in [0, 0.1) is 10.1 Å². The Bertz CT molecular complexity index is 395. The third kappa shape index (κ3) is 3.60. The third-order valence-corrected chi connectivity index (χ3v) is 2.40. The number of ether oxygens (including phenoxy) is 1. The number of aliphatic hydroxyl groups excluding tert-OH is 1. The van der Waals surface area contributed by atoms with Gasteiger partial charge in [0, 0.05) is 6.54 Å². The van der Waals surface area contributed by atoms with Crippen molar-refractivity contribution in [2.75, 3.05) is 19.0 Å². The fourth-order valence-electron chi connectivity index (χ4n) is 1.31. The predicted molar refractivity (Wildman–Crippen MR) is 64.4 cm³/mol. The van der Waals surface area contributed by atoms with Crippen molar-refractivity contribution in [3.05, 3.63) is 28.3 Å². The van der Waals surface area contributed by atoms with Crippen LogP contribution >= 0.6 is 0 Å². The molecule has 1 aromatic carbocycles. The molecule has 1 unspecified atom stereocenters. The molecule has 0 aliphatic rings.